The number of nitrogens with one attached hydrogen (secondary N) is 2. The number of fused-ring (bicyclic) bond motifs is 5. The molecule has 4 aromatic rings. The minimum absolute atomic E-state index is 0.109. The van der Waals surface area contributed by atoms with Crippen molar-refractivity contribution in [2.24, 2.45) is 11.8 Å². The van der Waals surface area contributed by atoms with Gasteiger partial charge in [-0.2, -0.15) is 0 Å². The lowest BCUT2D eigenvalue weighted by molar-refractivity contribution is 0.0120. The van der Waals surface area contributed by atoms with Gasteiger partial charge < -0.3 is 19.4 Å². The van der Waals surface area contributed by atoms with Gasteiger partial charge in [-0.3, -0.25) is 9.80 Å². The van der Waals surface area contributed by atoms with Crippen molar-refractivity contribution in [2.45, 2.75) is 135 Å². The van der Waals surface area contributed by atoms with Crippen LogP contribution in [-0.2, 0) is 15.9 Å². The summed E-state index contributed by atoms with van der Waals surface area (Å²) in [6.07, 6.45) is 12.7. The van der Waals surface area contributed by atoms with Crippen LogP contribution in [0.1, 0.15) is 128 Å². The highest BCUT2D eigenvalue weighted by Gasteiger charge is 2.50. The molecule has 10 heteroatoms. The summed E-state index contributed by atoms with van der Waals surface area (Å²) in [5.41, 5.74) is 8.09. The third-order valence-electron chi connectivity index (χ3n) is 12.2. The first kappa shape index (κ1) is 34.2. The van der Waals surface area contributed by atoms with Crippen LogP contribution in [0.4, 0.5) is 9.59 Å². The summed E-state index contributed by atoms with van der Waals surface area (Å²) in [6, 6.07) is 13.6. The maximum atomic E-state index is 13.4. The third-order valence-corrected chi connectivity index (χ3v) is 12.2. The Labute approximate surface area is 312 Å². The lowest BCUT2D eigenvalue weighted by Gasteiger charge is -2.31. The van der Waals surface area contributed by atoms with Crippen LogP contribution >= 0.6 is 0 Å². The summed E-state index contributed by atoms with van der Waals surface area (Å²) >= 11 is 0. The van der Waals surface area contributed by atoms with Gasteiger partial charge in [0, 0.05) is 12.1 Å². The fourth-order valence-electron chi connectivity index (χ4n) is 10.1. The number of imidazole rings is 2. The van der Waals surface area contributed by atoms with E-state index in [2.05, 4.69) is 46.4 Å². The molecule has 2 saturated heterocycles. The number of hydrogen-bond donors (Lipinski definition) is 2. The van der Waals surface area contributed by atoms with E-state index in [4.69, 9.17) is 19.4 Å². The van der Waals surface area contributed by atoms with Crippen LogP contribution in [0.25, 0.3) is 33.6 Å². The molecular weight excluding hydrogens is 665 g/mol. The van der Waals surface area contributed by atoms with Crippen LogP contribution in [0, 0.1) is 11.8 Å². The second-order valence-corrected chi connectivity index (χ2v) is 18.1. The molecule has 0 bridgehead atoms. The molecule has 6 atom stereocenters. The van der Waals surface area contributed by atoms with Crippen molar-refractivity contribution in [1.82, 2.24) is 29.7 Å². The summed E-state index contributed by atoms with van der Waals surface area (Å²) in [7, 11) is 0. The van der Waals surface area contributed by atoms with E-state index in [0.29, 0.717) is 11.8 Å². The number of amides is 2. The Balaban J connectivity index is 0.927. The number of aromatic amines is 2. The molecule has 0 radical (unpaired) electrons. The molecule has 2 amide bonds. The third kappa shape index (κ3) is 6.21. The Morgan fingerprint density at radius 1 is 0.660 bits per heavy atom. The predicted molar refractivity (Wildman–Crippen MR) is 203 cm³/mol. The first-order valence-electron chi connectivity index (χ1n) is 19.7. The number of rotatable bonds is 4. The van der Waals surface area contributed by atoms with Gasteiger partial charge in [0.25, 0.3) is 0 Å². The largest absolute Gasteiger partial charge is 0.444 e. The van der Waals surface area contributed by atoms with Crippen LogP contribution in [-0.4, -0.2) is 65.2 Å². The summed E-state index contributed by atoms with van der Waals surface area (Å²) in [4.78, 5) is 47.7. The van der Waals surface area contributed by atoms with Gasteiger partial charge in [0.1, 0.15) is 22.9 Å². The van der Waals surface area contributed by atoms with Gasteiger partial charge in [-0.25, -0.2) is 19.6 Å². The number of carbonyl (C=O) groups excluding carboxylic acids is 2. The van der Waals surface area contributed by atoms with E-state index in [1.165, 1.54) is 22.3 Å². The van der Waals surface area contributed by atoms with Crippen molar-refractivity contribution in [2.75, 3.05) is 0 Å². The highest BCUT2D eigenvalue weighted by atomic mass is 16.6. The van der Waals surface area contributed by atoms with Crippen molar-refractivity contribution in [1.29, 1.82) is 0 Å². The monoisotopic (exact) mass is 716 g/mol. The molecule has 278 valence electrons. The summed E-state index contributed by atoms with van der Waals surface area (Å²) in [5.74, 6) is 2.66. The molecule has 10 nitrogen and oxygen atoms in total. The zero-order valence-corrected chi connectivity index (χ0v) is 31.9. The molecule has 5 aliphatic rings. The van der Waals surface area contributed by atoms with Crippen molar-refractivity contribution in [3.8, 4) is 33.6 Å². The van der Waals surface area contributed by atoms with Gasteiger partial charge in [0.05, 0.1) is 35.9 Å². The molecule has 2 aliphatic heterocycles. The van der Waals surface area contributed by atoms with Crippen LogP contribution < -0.4 is 0 Å². The fraction of sp³-hybridized carbons (Fsp3) is 0.535. The van der Waals surface area contributed by atoms with Gasteiger partial charge in [-0.15, -0.1) is 0 Å². The first-order chi connectivity index (χ1) is 25.3. The Morgan fingerprint density at radius 2 is 1.09 bits per heavy atom. The van der Waals surface area contributed by atoms with Crippen LogP contribution in [0.15, 0.2) is 48.8 Å². The average Bonchev–Trinajstić information content (AvgIpc) is 3.92. The number of nitrogens with zero attached hydrogens (tertiary/aromatic N) is 4. The molecule has 0 unspecified atom stereocenters. The number of benzene rings is 2. The number of hydrogen-bond acceptors (Lipinski definition) is 6. The molecule has 4 heterocycles. The number of likely N-dealkylation sites (tertiary alicyclic amines) is 2. The Morgan fingerprint density at radius 3 is 1.51 bits per heavy atom. The van der Waals surface area contributed by atoms with Crippen molar-refractivity contribution < 1.29 is 19.1 Å². The van der Waals surface area contributed by atoms with E-state index in [0.717, 1.165) is 92.0 Å². The second kappa shape index (κ2) is 12.5. The van der Waals surface area contributed by atoms with E-state index in [1.54, 1.807) is 0 Å². The number of aromatic nitrogens is 4. The maximum Gasteiger partial charge on any atom is 0.411 e. The minimum atomic E-state index is -0.545. The normalized spacial score (nSPS) is 26.1. The summed E-state index contributed by atoms with van der Waals surface area (Å²) in [5, 5.41) is 0. The van der Waals surface area contributed by atoms with E-state index in [9.17, 15) is 9.59 Å². The zero-order chi connectivity index (χ0) is 36.8. The van der Waals surface area contributed by atoms with Crippen LogP contribution in [0.3, 0.4) is 0 Å². The number of ether oxygens (including phenoxy) is 2. The molecule has 53 heavy (non-hydrogen) atoms. The van der Waals surface area contributed by atoms with E-state index in [1.807, 2.05) is 63.7 Å². The predicted octanol–water partition coefficient (Wildman–Crippen LogP) is 9.74. The Kier molecular flexibility index (Phi) is 8.05. The topological polar surface area (TPSA) is 116 Å². The van der Waals surface area contributed by atoms with Gasteiger partial charge in [0.15, 0.2) is 0 Å². The highest BCUT2D eigenvalue weighted by molar-refractivity contribution is 5.82. The molecule has 2 saturated carbocycles. The Bertz CT molecular complexity index is 1920. The van der Waals surface area contributed by atoms with E-state index in [-0.39, 0.29) is 36.4 Å². The van der Waals surface area contributed by atoms with Crippen LogP contribution in [0.2, 0.25) is 0 Å². The van der Waals surface area contributed by atoms with E-state index >= 15 is 0 Å². The quantitative estimate of drug-likeness (QED) is 0.191. The molecule has 2 aromatic heterocycles. The van der Waals surface area contributed by atoms with Gasteiger partial charge >= 0.3 is 12.2 Å². The number of carbonyl (C=O) groups is 2. The van der Waals surface area contributed by atoms with Crippen LogP contribution in [0.5, 0.6) is 0 Å². The molecule has 4 fully saturated rings. The fourth-order valence-corrected chi connectivity index (χ4v) is 10.1. The number of H-pyrrole nitrogens is 2. The van der Waals surface area contributed by atoms with Crippen molar-refractivity contribution in [3.05, 3.63) is 71.6 Å². The highest BCUT2D eigenvalue weighted by Crippen LogP contribution is 2.49. The molecule has 2 N–H and O–H groups in total. The Hall–Kier alpha value is -4.60. The average molecular weight is 717 g/mol. The second-order valence-electron chi connectivity index (χ2n) is 18.1. The van der Waals surface area contributed by atoms with Crippen molar-refractivity contribution >= 4 is 12.2 Å². The van der Waals surface area contributed by atoms with E-state index < -0.39 is 11.2 Å². The lowest BCUT2D eigenvalue weighted by atomic mass is 10.0. The minimum Gasteiger partial charge on any atom is -0.444 e. The summed E-state index contributed by atoms with van der Waals surface area (Å²) < 4.78 is 11.8. The molecule has 3 aliphatic carbocycles. The van der Waals surface area contributed by atoms with Gasteiger partial charge in [0.2, 0.25) is 0 Å². The first-order valence-corrected chi connectivity index (χ1v) is 19.7. The molecule has 9 rings (SSSR count). The van der Waals surface area contributed by atoms with Gasteiger partial charge in [-0.1, -0.05) is 37.1 Å². The maximum absolute atomic E-state index is 13.4. The SMILES string of the molecule is CC(C)(C)OC(=O)N1[C@@H]2CCC[C@@H]2C[C@H]1c1ncc(-c2ccc3c(c2)Cc2cc(-c4cnc([C@@H]5C[C@@H]6CCC[C@@H]6N5C(=O)OC(C)(C)C)[nH]4)ccc2-3)[nH]1. The summed E-state index contributed by atoms with van der Waals surface area (Å²) in [6.45, 7) is 11.6. The molecule has 0 spiro atoms. The zero-order valence-electron chi connectivity index (χ0n) is 31.9. The lowest BCUT2D eigenvalue weighted by Crippen LogP contribution is -2.41. The van der Waals surface area contributed by atoms with Crippen molar-refractivity contribution in [3.63, 3.8) is 0 Å². The standard InChI is InChI=1S/C43H52N6O4/c1-42(2,3)52-40(50)48-34-11-7-9-26(34)20-36(48)38-44-22-32(46-38)24-13-15-30-28(17-24)19-29-18-25(14-16-31(29)30)33-23-45-39(47-33)37-21-27-10-8-12-35(27)49(37)41(51)53-43(4,5)6/h13-18,22-23,26-27,34-37H,7-12,19-21H2,1-6H3,(H,44,46)(H,45,47)/t26-,27+,34-,35+,36-,37-/m0/s1. The smallest absolute Gasteiger partial charge is 0.411 e. The molecule has 2 aromatic carbocycles. The van der Waals surface area contributed by atoms with Gasteiger partial charge in [-0.05, 0) is 144 Å². The molecular formula is C43H52N6O4.